The number of hydrogen-bond donors (Lipinski definition) is 3. The minimum atomic E-state index is -3.74. The van der Waals surface area contributed by atoms with Gasteiger partial charge < -0.3 is 20.3 Å². The Morgan fingerprint density at radius 1 is 1.38 bits per heavy atom. The number of halogens is 1. The molecule has 0 aromatic heterocycles. The molecule has 0 bridgehead atoms. The van der Waals surface area contributed by atoms with Crippen molar-refractivity contribution in [1.29, 1.82) is 0 Å². The van der Waals surface area contributed by atoms with E-state index in [9.17, 15) is 13.2 Å². The Bertz CT molecular complexity index is 839. The molecular formula is C18H30IN5O4S. The lowest BCUT2D eigenvalue weighted by Crippen LogP contribution is -2.44. The van der Waals surface area contributed by atoms with Crippen molar-refractivity contribution in [3.8, 4) is 0 Å². The highest BCUT2D eigenvalue weighted by atomic mass is 127. The molecule has 1 unspecified atom stereocenters. The van der Waals surface area contributed by atoms with Crippen LogP contribution in [0.5, 0.6) is 0 Å². The fourth-order valence-electron chi connectivity index (χ4n) is 2.89. The first-order valence-corrected chi connectivity index (χ1v) is 10.6. The molecule has 9 nitrogen and oxygen atoms in total. The molecule has 1 fully saturated rings. The predicted molar refractivity (Wildman–Crippen MR) is 123 cm³/mol. The van der Waals surface area contributed by atoms with Gasteiger partial charge >= 0.3 is 6.09 Å². The van der Waals surface area contributed by atoms with Crippen molar-refractivity contribution in [3.63, 3.8) is 0 Å². The van der Waals surface area contributed by atoms with Gasteiger partial charge in [0.15, 0.2) is 5.96 Å². The second-order valence-corrected chi connectivity index (χ2v) is 9.23. The standard InChI is InChI=1S/C18H29N5O4S.HI/c1-18(2,3)27-17(24)22-14-8-9-23(12-14)16(20-4)21-11-13-6-5-7-15(10-13)28(19,25)26;/h5-7,10,14H,8-9,11-12H2,1-4H3,(H,20,21)(H,22,24)(H2,19,25,26);1H. The Labute approximate surface area is 189 Å². The van der Waals surface area contributed by atoms with Crippen molar-refractivity contribution in [2.24, 2.45) is 10.1 Å². The first-order valence-electron chi connectivity index (χ1n) is 9.05. The number of sulfonamides is 1. The quantitative estimate of drug-likeness (QED) is 0.304. The van der Waals surface area contributed by atoms with Crippen molar-refractivity contribution in [2.75, 3.05) is 20.1 Å². The van der Waals surface area contributed by atoms with Gasteiger partial charge in [-0.25, -0.2) is 18.4 Å². The lowest BCUT2D eigenvalue weighted by atomic mass is 10.2. The number of primary sulfonamides is 1. The Kier molecular flexibility index (Phi) is 9.15. The lowest BCUT2D eigenvalue weighted by Gasteiger charge is -2.23. The Morgan fingerprint density at radius 2 is 2.07 bits per heavy atom. The van der Waals surface area contributed by atoms with E-state index >= 15 is 0 Å². The summed E-state index contributed by atoms with van der Waals surface area (Å²) in [4.78, 5) is 18.3. The van der Waals surface area contributed by atoms with Gasteiger partial charge in [-0.3, -0.25) is 4.99 Å². The third kappa shape index (κ3) is 8.34. The molecule has 29 heavy (non-hydrogen) atoms. The van der Waals surface area contributed by atoms with Crippen molar-refractivity contribution in [1.82, 2.24) is 15.5 Å². The smallest absolute Gasteiger partial charge is 0.407 e. The SMILES string of the molecule is CN=C(NCc1cccc(S(N)(=O)=O)c1)N1CCC(NC(=O)OC(C)(C)C)C1.I. The number of alkyl carbamates (subject to hydrolysis) is 1. The highest BCUT2D eigenvalue weighted by molar-refractivity contribution is 14.0. The molecule has 1 aromatic rings. The van der Waals surface area contributed by atoms with Crippen molar-refractivity contribution in [3.05, 3.63) is 29.8 Å². The largest absolute Gasteiger partial charge is 0.444 e. The molecule has 4 N–H and O–H groups in total. The summed E-state index contributed by atoms with van der Waals surface area (Å²) in [7, 11) is -2.06. The maximum absolute atomic E-state index is 11.9. The zero-order valence-electron chi connectivity index (χ0n) is 17.1. The minimum absolute atomic E-state index is 0. The zero-order chi connectivity index (χ0) is 20.9. The molecule has 1 atom stereocenters. The Morgan fingerprint density at radius 3 is 2.66 bits per heavy atom. The molecule has 1 aromatic carbocycles. The summed E-state index contributed by atoms with van der Waals surface area (Å²) in [6, 6.07) is 6.43. The van der Waals surface area contributed by atoms with Gasteiger partial charge in [-0.05, 0) is 44.9 Å². The predicted octanol–water partition coefficient (Wildman–Crippen LogP) is 1.63. The molecule has 164 valence electrons. The maximum atomic E-state index is 11.9. The number of rotatable bonds is 4. The first kappa shape index (κ1) is 25.4. The molecule has 0 saturated carbocycles. The molecule has 2 rings (SSSR count). The van der Waals surface area contributed by atoms with Crippen LogP contribution in [0.3, 0.4) is 0 Å². The Balaban J connectivity index is 0.00000420. The summed E-state index contributed by atoms with van der Waals surface area (Å²) in [5, 5.41) is 11.3. The number of amides is 1. The number of benzene rings is 1. The van der Waals surface area contributed by atoms with Gasteiger partial charge in [0.1, 0.15) is 5.60 Å². The first-order chi connectivity index (χ1) is 13.0. The molecule has 1 heterocycles. The number of aliphatic imine (C=N–C) groups is 1. The van der Waals surface area contributed by atoms with Gasteiger partial charge in [-0.15, -0.1) is 24.0 Å². The van der Waals surface area contributed by atoms with Crippen LogP contribution in [0.25, 0.3) is 0 Å². The number of guanidine groups is 1. The summed E-state index contributed by atoms with van der Waals surface area (Å²) in [6.07, 6.45) is 0.350. The Hall–Kier alpha value is -1.60. The third-order valence-electron chi connectivity index (χ3n) is 4.10. The highest BCUT2D eigenvalue weighted by Crippen LogP contribution is 2.13. The van der Waals surface area contributed by atoms with Crippen LogP contribution in [0.2, 0.25) is 0 Å². The second kappa shape index (κ2) is 10.4. The van der Waals surface area contributed by atoms with E-state index < -0.39 is 21.7 Å². The topological polar surface area (TPSA) is 126 Å². The molecule has 0 spiro atoms. The van der Waals surface area contributed by atoms with Gasteiger partial charge in [0, 0.05) is 26.7 Å². The van der Waals surface area contributed by atoms with Crippen LogP contribution in [0.15, 0.2) is 34.2 Å². The van der Waals surface area contributed by atoms with Crippen molar-refractivity contribution >= 4 is 46.1 Å². The summed E-state index contributed by atoms with van der Waals surface area (Å²) in [5.41, 5.74) is 0.237. The fraction of sp³-hybridized carbons (Fsp3) is 0.556. The summed E-state index contributed by atoms with van der Waals surface area (Å²) >= 11 is 0. The van der Waals surface area contributed by atoms with Crippen LogP contribution in [0.4, 0.5) is 4.79 Å². The molecule has 1 aliphatic heterocycles. The van der Waals surface area contributed by atoms with Gasteiger partial charge in [-0.1, -0.05) is 12.1 Å². The lowest BCUT2D eigenvalue weighted by molar-refractivity contribution is 0.0507. The van der Waals surface area contributed by atoms with E-state index in [0.717, 1.165) is 18.5 Å². The van der Waals surface area contributed by atoms with Crippen LogP contribution in [-0.4, -0.2) is 57.2 Å². The molecule has 1 saturated heterocycles. The zero-order valence-corrected chi connectivity index (χ0v) is 20.3. The maximum Gasteiger partial charge on any atom is 0.407 e. The normalized spacial score (nSPS) is 17.5. The van der Waals surface area contributed by atoms with E-state index in [-0.39, 0.29) is 34.9 Å². The molecular weight excluding hydrogens is 509 g/mol. The number of carbonyl (C=O) groups is 1. The number of carbonyl (C=O) groups excluding carboxylic acids is 1. The number of nitrogens with two attached hydrogens (primary N) is 1. The molecule has 0 aliphatic carbocycles. The monoisotopic (exact) mass is 539 g/mol. The third-order valence-corrected chi connectivity index (χ3v) is 5.01. The van der Waals surface area contributed by atoms with E-state index in [1.54, 1.807) is 13.1 Å². The molecule has 0 radical (unpaired) electrons. The van der Waals surface area contributed by atoms with Gasteiger partial charge in [0.05, 0.1) is 10.9 Å². The average molecular weight is 539 g/mol. The van der Waals surface area contributed by atoms with E-state index in [0.29, 0.717) is 19.0 Å². The number of nitrogens with one attached hydrogen (secondary N) is 2. The van der Waals surface area contributed by atoms with E-state index in [1.807, 2.05) is 31.7 Å². The van der Waals surface area contributed by atoms with E-state index in [2.05, 4.69) is 15.6 Å². The summed E-state index contributed by atoms with van der Waals surface area (Å²) < 4.78 is 28.3. The minimum Gasteiger partial charge on any atom is -0.444 e. The van der Waals surface area contributed by atoms with Crippen LogP contribution in [0.1, 0.15) is 32.8 Å². The number of nitrogens with zero attached hydrogens (tertiary/aromatic N) is 2. The van der Waals surface area contributed by atoms with Crippen LogP contribution in [-0.2, 0) is 21.3 Å². The number of ether oxygens (including phenoxy) is 1. The summed E-state index contributed by atoms with van der Waals surface area (Å²) in [6.45, 7) is 7.21. The van der Waals surface area contributed by atoms with E-state index in [1.165, 1.54) is 12.1 Å². The highest BCUT2D eigenvalue weighted by Gasteiger charge is 2.27. The van der Waals surface area contributed by atoms with Gasteiger partial charge in [0.25, 0.3) is 0 Å². The second-order valence-electron chi connectivity index (χ2n) is 7.67. The van der Waals surface area contributed by atoms with Crippen molar-refractivity contribution < 1.29 is 17.9 Å². The van der Waals surface area contributed by atoms with Crippen LogP contribution < -0.4 is 15.8 Å². The fourth-order valence-corrected chi connectivity index (χ4v) is 3.47. The number of hydrogen-bond acceptors (Lipinski definition) is 5. The molecule has 1 amide bonds. The molecule has 1 aliphatic rings. The average Bonchev–Trinajstić information content (AvgIpc) is 3.01. The van der Waals surface area contributed by atoms with Crippen LogP contribution >= 0.6 is 24.0 Å². The van der Waals surface area contributed by atoms with Gasteiger partial charge in [0.2, 0.25) is 10.0 Å². The van der Waals surface area contributed by atoms with Crippen molar-refractivity contribution in [2.45, 2.75) is 50.3 Å². The van der Waals surface area contributed by atoms with E-state index in [4.69, 9.17) is 9.88 Å². The molecule has 11 heteroatoms. The van der Waals surface area contributed by atoms with Gasteiger partial charge in [-0.2, -0.15) is 0 Å². The van der Waals surface area contributed by atoms with Crippen LogP contribution in [0, 0.1) is 0 Å². The number of likely N-dealkylation sites (tertiary alicyclic amines) is 1. The summed E-state index contributed by atoms with van der Waals surface area (Å²) in [5.74, 6) is 0.675.